The van der Waals surface area contributed by atoms with Crippen molar-refractivity contribution in [2.45, 2.75) is 11.8 Å². The van der Waals surface area contributed by atoms with Crippen LogP contribution in [0.15, 0.2) is 86.0 Å². The summed E-state index contributed by atoms with van der Waals surface area (Å²) in [5.74, 6) is 0. The van der Waals surface area contributed by atoms with Crippen LogP contribution >= 0.6 is 11.6 Å². The van der Waals surface area contributed by atoms with E-state index < -0.39 is 0 Å². The van der Waals surface area contributed by atoms with Gasteiger partial charge in [0.15, 0.2) is 0 Å². The first-order valence-corrected chi connectivity index (χ1v) is 6.68. The molecule has 2 rings (SSSR count). The van der Waals surface area contributed by atoms with Gasteiger partial charge in [-0.05, 0) is 17.5 Å². The van der Waals surface area contributed by atoms with Crippen LogP contribution in [-0.4, -0.2) is 0 Å². The molecule has 0 nitrogen and oxygen atoms in total. The average molecular weight is 271 g/mol. The molecule has 1 heteroatoms. The molecule has 2 aromatic carbocycles. The minimum absolute atomic E-state index is 0.0544. The Balaban J connectivity index is 0.000000191. The Hall–Kier alpha value is -1.79. The van der Waals surface area contributed by atoms with Gasteiger partial charge in [-0.2, -0.15) is 0 Å². The topological polar surface area (TPSA) is 0 Å². The third-order valence-corrected chi connectivity index (χ3v) is 2.98. The van der Waals surface area contributed by atoms with Crippen molar-refractivity contribution in [2.75, 3.05) is 0 Å². The molecule has 0 aliphatic rings. The summed E-state index contributed by atoms with van der Waals surface area (Å²) in [4.78, 5) is 0. The molecule has 0 N–H and O–H groups in total. The quantitative estimate of drug-likeness (QED) is 0.503. The minimum atomic E-state index is -0.0544. The average Bonchev–Trinajstić information content (AvgIpc) is 2.49. The third kappa shape index (κ3) is 6.08. The summed E-state index contributed by atoms with van der Waals surface area (Å²) < 4.78 is 0. The zero-order valence-electron chi connectivity index (χ0n) is 11.0. The van der Waals surface area contributed by atoms with Crippen LogP contribution in [0.25, 0.3) is 0 Å². The van der Waals surface area contributed by atoms with Gasteiger partial charge in [0.05, 0.1) is 5.38 Å². The van der Waals surface area contributed by atoms with Crippen molar-refractivity contribution in [3.05, 3.63) is 97.1 Å². The predicted molar refractivity (Wildman–Crippen MR) is 85.6 cm³/mol. The van der Waals surface area contributed by atoms with Crippen LogP contribution in [-0.2, 0) is 6.42 Å². The fourth-order valence-corrected chi connectivity index (χ4v) is 1.70. The van der Waals surface area contributed by atoms with E-state index in [1.807, 2.05) is 54.6 Å². The second-order valence-electron chi connectivity index (χ2n) is 4.03. The normalized spacial score (nSPS) is 10.8. The SMILES string of the molecule is C=CC(Cl)c1ccccc1.C=CCc1ccccc1. The molecule has 19 heavy (non-hydrogen) atoms. The molecule has 0 fully saturated rings. The number of halogens is 1. The van der Waals surface area contributed by atoms with Crippen LogP contribution in [0.3, 0.4) is 0 Å². The van der Waals surface area contributed by atoms with Gasteiger partial charge in [-0.15, -0.1) is 24.8 Å². The summed E-state index contributed by atoms with van der Waals surface area (Å²) in [7, 11) is 0. The molecule has 0 radical (unpaired) electrons. The second kappa shape index (κ2) is 9.18. The van der Waals surface area contributed by atoms with Crippen molar-refractivity contribution in [1.29, 1.82) is 0 Å². The highest BCUT2D eigenvalue weighted by Crippen LogP contribution is 2.19. The Morgan fingerprint density at radius 3 is 1.89 bits per heavy atom. The fourth-order valence-electron chi connectivity index (χ4n) is 1.55. The van der Waals surface area contributed by atoms with Crippen LogP contribution in [0.5, 0.6) is 0 Å². The standard InChI is InChI=1S/C9H9Cl.C9H10/c1-2-9(10)8-6-4-3-5-7-8;1-2-6-9-7-4-3-5-8-9/h2-7,9H,1H2;2-5,7-8H,1,6H2. The van der Waals surface area contributed by atoms with Crippen molar-refractivity contribution < 1.29 is 0 Å². The number of rotatable bonds is 4. The molecule has 0 spiro atoms. The summed E-state index contributed by atoms with van der Waals surface area (Å²) >= 11 is 5.87. The zero-order valence-corrected chi connectivity index (χ0v) is 11.8. The molecule has 0 amide bonds. The molecule has 0 aliphatic carbocycles. The van der Waals surface area contributed by atoms with Gasteiger partial charge < -0.3 is 0 Å². The molecule has 2 aromatic rings. The van der Waals surface area contributed by atoms with Gasteiger partial charge in [0, 0.05) is 0 Å². The van der Waals surface area contributed by atoms with Crippen LogP contribution in [0.1, 0.15) is 16.5 Å². The zero-order chi connectivity index (χ0) is 13.9. The monoisotopic (exact) mass is 270 g/mol. The van der Waals surface area contributed by atoms with Crippen molar-refractivity contribution in [3.8, 4) is 0 Å². The van der Waals surface area contributed by atoms with Crippen molar-refractivity contribution in [2.24, 2.45) is 0 Å². The molecule has 0 saturated carbocycles. The molecule has 0 bridgehead atoms. The van der Waals surface area contributed by atoms with Crippen LogP contribution < -0.4 is 0 Å². The van der Waals surface area contributed by atoms with Gasteiger partial charge in [-0.3, -0.25) is 0 Å². The Morgan fingerprint density at radius 2 is 1.42 bits per heavy atom. The fraction of sp³-hybridized carbons (Fsp3) is 0.111. The largest absolute Gasteiger partial charge is 0.113 e. The van der Waals surface area contributed by atoms with E-state index in [2.05, 4.69) is 25.3 Å². The van der Waals surface area contributed by atoms with E-state index in [-0.39, 0.29) is 5.38 Å². The first kappa shape index (κ1) is 15.3. The van der Waals surface area contributed by atoms with E-state index in [4.69, 9.17) is 11.6 Å². The van der Waals surface area contributed by atoms with E-state index in [1.165, 1.54) is 5.56 Å². The van der Waals surface area contributed by atoms with E-state index in [9.17, 15) is 0 Å². The Kier molecular flexibility index (Phi) is 7.38. The van der Waals surface area contributed by atoms with Gasteiger partial charge in [0.25, 0.3) is 0 Å². The molecule has 98 valence electrons. The molecule has 0 aromatic heterocycles. The highest BCUT2D eigenvalue weighted by Gasteiger charge is 1.98. The lowest BCUT2D eigenvalue weighted by atomic mass is 10.1. The van der Waals surface area contributed by atoms with E-state index in [0.717, 1.165) is 12.0 Å². The third-order valence-electron chi connectivity index (χ3n) is 2.55. The lowest BCUT2D eigenvalue weighted by Crippen LogP contribution is -1.82. The van der Waals surface area contributed by atoms with E-state index in [1.54, 1.807) is 6.08 Å². The number of alkyl halides is 1. The molecular formula is C18H19Cl. The van der Waals surface area contributed by atoms with Crippen LogP contribution in [0, 0.1) is 0 Å². The molecular weight excluding hydrogens is 252 g/mol. The highest BCUT2D eigenvalue weighted by molar-refractivity contribution is 6.21. The molecule has 0 saturated heterocycles. The first-order valence-electron chi connectivity index (χ1n) is 6.24. The van der Waals surface area contributed by atoms with E-state index >= 15 is 0 Å². The smallest absolute Gasteiger partial charge is 0.0763 e. The van der Waals surface area contributed by atoms with Gasteiger partial charge in [0.1, 0.15) is 0 Å². The number of hydrogen-bond acceptors (Lipinski definition) is 0. The van der Waals surface area contributed by atoms with Crippen molar-refractivity contribution in [3.63, 3.8) is 0 Å². The predicted octanol–water partition coefficient (Wildman–Crippen LogP) is 5.57. The lowest BCUT2D eigenvalue weighted by Gasteiger charge is -2.01. The summed E-state index contributed by atoms with van der Waals surface area (Å²) in [6.45, 7) is 7.26. The van der Waals surface area contributed by atoms with Crippen LogP contribution in [0.4, 0.5) is 0 Å². The van der Waals surface area contributed by atoms with Gasteiger partial charge >= 0.3 is 0 Å². The first-order chi connectivity index (χ1) is 9.27. The minimum Gasteiger partial charge on any atom is -0.113 e. The summed E-state index contributed by atoms with van der Waals surface area (Å²) in [5.41, 5.74) is 2.42. The maximum absolute atomic E-state index is 5.87. The van der Waals surface area contributed by atoms with E-state index in [0.29, 0.717) is 0 Å². The lowest BCUT2D eigenvalue weighted by molar-refractivity contribution is 1.22. The molecule has 1 unspecified atom stereocenters. The Labute approximate surface area is 121 Å². The molecule has 1 atom stereocenters. The van der Waals surface area contributed by atoms with Crippen molar-refractivity contribution in [1.82, 2.24) is 0 Å². The van der Waals surface area contributed by atoms with Gasteiger partial charge in [-0.25, -0.2) is 0 Å². The second-order valence-corrected chi connectivity index (χ2v) is 4.50. The van der Waals surface area contributed by atoms with Crippen LogP contribution in [0.2, 0.25) is 0 Å². The highest BCUT2D eigenvalue weighted by atomic mass is 35.5. The van der Waals surface area contributed by atoms with Gasteiger partial charge in [0.2, 0.25) is 0 Å². The van der Waals surface area contributed by atoms with Gasteiger partial charge in [-0.1, -0.05) is 72.8 Å². The summed E-state index contributed by atoms with van der Waals surface area (Å²) in [6.07, 6.45) is 4.60. The maximum atomic E-state index is 5.87. The number of benzene rings is 2. The van der Waals surface area contributed by atoms with Crippen molar-refractivity contribution >= 4 is 11.6 Å². The number of hydrogen-bond donors (Lipinski definition) is 0. The Bertz CT molecular complexity index is 474. The number of allylic oxidation sites excluding steroid dienone is 2. The maximum Gasteiger partial charge on any atom is 0.0763 e. The summed E-state index contributed by atoms with van der Waals surface area (Å²) in [5, 5.41) is -0.0544. The summed E-state index contributed by atoms with van der Waals surface area (Å²) in [6, 6.07) is 20.2. The molecule has 0 heterocycles. The Morgan fingerprint density at radius 1 is 0.895 bits per heavy atom. The molecule has 0 aliphatic heterocycles.